The standard InChI is InChI=1S/C31H36N2O7/c1-28-12-19-14-32-33(21-5-3-4-18(10-21)27(35)36)24(19)11-20(28)6-7-22-23-8-9-30(29(23,2)13-25(34)26(22)28)31(40-17-38-30)15-37-16-39-31/h3-5,10-11,14,22-23,25-26,34H,6-9,12-13,15-17H2,1-2H3,(H,35,36)/t22-,23-,25-,26+,28-,29-,30+,31?/m1/s1. The van der Waals surface area contributed by atoms with Crippen molar-refractivity contribution in [3.63, 3.8) is 0 Å². The van der Waals surface area contributed by atoms with Gasteiger partial charge in [-0.25, -0.2) is 9.48 Å². The van der Waals surface area contributed by atoms with Gasteiger partial charge in [-0.1, -0.05) is 25.5 Å². The van der Waals surface area contributed by atoms with Crippen LogP contribution >= 0.6 is 0 Å². The molecule has 6 aliphatic rings. The number of ether oxygens (including phenoxy) is 4. The molecule has 8 atom stereocenters. The Labute approximate surface area is 233 Å². The normalized spacial score (nSPS) is 43.3. The molecule has 0 amide bonds. The van der Waals surface area contributed by atoms with E-state index in [0.29, 0.717) is 24.9 Å². The van der Waals surface area contributed by atoms with E-state index in [1.807, 2.05) is 16.9 Å². The number of carboxylic acids is 1. The van der Waals surface area contributed by atoms with Crippen LogP contribution in [0.15, 0.2) is 36.0 Å². The van der Waals surface area contributed by atoms with Gasteiger partial charge in [-0.3, -0.25) is 0 Å². The Morgan fingerprint density at radius 3 is 2.80 bits per heavy atom. The van der Waals surface area contributed by atoms with Crippen LogP contribution in [0.3, 0.4) is 0 Å². The average molecular weight is 549 g/mol. The molecule has 9 heteroatoms. The Morgan fingerprint density at radius 1 is 1.15 bits per heavy atom. The van der Waals surface area contributed by atoms with Crippen molar-refractivity contribution in [1.82, 2.24) is 9.78 Å². The zero-order valence-corrected chi connectivity index (χ0v) is 23.0. The Hall–Kier alpha value is -2.56. The fraction of sp³-hybridized carbons (Fsp3) is 0.613. The van der Waals surface area contributed by atoms with E-state index in [4.69, 9.17) is 24.0 Å². The van der Waals surface area contributed by atoms with Crippen molar-refractivity contribution >= 4 is 12.0 Å². The summed E-state index contributed by atoms with van der Waals surface area (Å²) in [6.45, 7) is 5.41. The van der Waals surface area contributed by atoms with E-state index in [1.165, 1.54) is 5.57 Å². The van der Waals surface area contributed by atoms with E-state index < -0.39 is 23.5 Å². The summed E-state index contributed by atoms with van der Waals surface area (Å²) >= 11 is 0. The molecular weight excluding hydrogens is 512 g/mol. The minimum Gasteiger partial charge on any atom is -0.478 e. The number of rotatable bonds is 2. The predicted octanol–water partition coefficient (Wildman–Crippen LogP) is 4.17. The average Bonchev–Trinajstić information content (AvgIpc) is 3.71. The second kappa shape index (κ2) is 8.26. The molecule has 2 aliphatic heterocycles. The summed E-state index contributed by atoms with van der Waals surface area (Å²) in [4.78, 5) is 11.6. The molecule has 1 aromatic carbocycles. The van der Waals surface area contributed by atoms with Gasteiger partial charge in [-0.05, 0) is 91.5 Å². The van der Waals surface area contributed by atoms with Gasteiger partial charge in [0.15, 0.2) is 13.6 Å². The number of aliphatic hydroxyl groups is 1. The van der Waals surface area contributed by atoms with E-state index in [2.05, 4.69) is 19.9 Å². The predicted molar refractivity (Wildman–Crippen MR) is 142 cm³/mol. The summed E-state index contributed by atoms with van der Waals surface area (Å²) in [6, 6.07) is 6.92. The van der Waals surface area contributed by atoms with Crippen LogP contribution in [0.25, 0.3) is 11.8 Å². The van der Waals surface area contributed by atoms with Crippen LogP contribution in [-0.4, -0.2) is 63.6 Å². The van der Waals surface area contributed by atoms with Crippen molar-refractivity contribution in [1.29, 1.82) is 0 Å². The first-order chi connectivity index (χ1) is 19.2. The van der Waals surface area contributed by atoms with Crippen LogP contribution in [0.5, 0.6) is 0 Å². The maximum atomic E-state index is 12.0. The number of hydrogen-bond donors (Lipinski definition) is 2. The van der Waals surface area contributed by atoms with Gasteiger partial charge in [0.05, 0.1) is 29.2 Å². The van der Waals surface area contributed by atoms with E-state index in [1.54, 1.807) is 18.2 Å². The van der Waals surface area contributed by atoms with Crippen LogP contribution in [0, 0.1) is 28.6 Å². The van der Waals surface area contributed by atoms with E-state index in [-0.39, 0.29) is 35.9 Å². The highest BCUT2D eigenvalue weighted by molar-refractivity contribution is 5.88. The van der Waals surface area contributed by atoms with E-state index in [9.17, 15) is 15.0 Å². The molecule has 40 heavy (non-hydrogen) atoms. The largest absolute Gasteiger partial charge is 0.478 e. The van der Waals surface area contributed by atoms with Crippen molar-refractivity contribution in [3.05, 3.63) is 52.9 Å². The minimum atomic E-state index is -0.952. The fourth-order valence-electron chi connectivity index (χ4n) is 10.1. The number of aromatic nitrogens is 2. The van der Waals surface area contributed by atoms with Crippen LogP contribution in [0.2, 0.25) is 0 Å². The summed E-state index contributed by atoms with van der Waals surface area (Å²) in [5.41, 5.74) is 3.42. The number of allylic oxidation sites excluding steroid dienone is 1. The number of aromatic carboxylic acids is 1. The van der Waals surface area contributed by atoms with Gasteiger partial charge in [0, 0.05) is 5.41 Å². The molecule has 9 nitrogen and oxygen atoms in total. The van der Waals surface area contributed by atoms with Gasteiger partial charge < -0.3 is 29.2 Å². The lowest BCUT2D eigenvalue weighted by Gasteiger charge is -2.61. The van der Waals surface area contributed by atoms with Gasteiger partial charge in [-0.2, -0.15) is 5.10 Å². The van der Waals surface area contributed by atoms with Crippen molar-refractivity contribution in [2.45, 2.75) is 69.9 Å². The highest BCUT2D eigenvalue weighted by atomic mass is 16.9. The molecule has 0 bridgehead atoms. The van der Waals surface area contributed by atoms with Crippen molar-refractivity contribution in [2.75, 3.05) is 20.2 Å². The maximum Gasteiger partial charge on any atom is 0.335 e. The Balaban J connectivity index is 1.15. The van der Waals surface area contributed by atoms with Gasteiger partial charge in [0.25, 0.3) is 0 Å². The van der Waals surface area contributed by atoms with Crippen molar-refractivity contribution in [3.8, 4) is 5.69 Å². The third kappa shape index (κ3) is 3.00. The second-order valence-corrected chi connectivity index (χ2v) is 13.2. The molecule has 2 aromatic rings. The first-order valence-electron chi connectivity index (χ1n) is 14.5. The smallest absolute Gasteiger partial charge is 0.335 e. The summed E-state index contributed by atoms with van der Waals surface area (Å²) in [5.74, 6) is -0.954. The third-order valence-electron chi connectivity index (χ3n) is 11.8. The lowest BCUT2D eigenvalue weighted by molar-refractivity contribution is -0.257. The molecule has 2 N–H and O–H groups in total. The molecule has 5 fully saturated rings. The zero-order chi connectivity index (χ0) is 27.5. The lowest BCUT2D eigenvalue weighted by atomic mass is 9.45. The number of carbonyl (C=O) groups is 1. The first kappa shape index (κ1) is 25.2. The van der Waals surface area contributed by atoms with Crippen molar-refractivity contribution in [2.24, 2.45) is 28.6 Å². The van der Waals surface area contributed by atoms with E-state index >= 15 is 0 Å². The minimum absolute atomic E-state index is 0.131. The van der Waals surface area contributed by atoms with Crippen LogP contribution in [0.1, 0.15) is 67.6 Å². The Bertz CT molecular complexity index is 1420. The number of aliphatic hydroxyl groups excluding tert-OH is 1. The molecule has 3 saturated carbocycles. The first-order valence-corrected chi connectivity index (χ1v) is 14.5. The quantitative estimate of drug-likeness (QED) is 0.575. The summed E-state index contributed by atoms with van der Waals surface area (Å²) < 4.78 is 26.3. The Kier molecular flexibility index (Phi) is 5.20. The number of carboxylic acid groups (broad SMARTS) is 1. The van der Waals surface area contributed by atoms with E-state index in [0.717, 1.165) is 49.0 Å². The van der Waals surface area contributed by atoms with Gasteiger partial charge in [0.1, 0.15) is 12.2 Å². The molecule has 212 valence electrons. The summed E-state index contributed by atoms with van der Waals surface area (Å²) in [5, 5.41) is 26.2. The number of nitrogens with zero attached hydrogens (tertiary/aromatic N) is 2. The number of benzene rings is 1. The second-order valence-electron chi connectivity index (χ2n) is 13.2. The van der Waals surface area contributed by atoms with Gasteiger partial charge in [0.2, 0.25) is 5.79 Å². The SMILES string of the molecule is C[C@@]12Cc3cnn(-c4cccc(C(=O)O)c4)c3C=C1CC[C@H]1[C@H]2[C@H](O)C[C@]2(C)[C@@H]1CC[C@]21OCOC12COCO2. The summed E-state index contributed by atoms with van der Waals surface area (Å²) in [6.07, 6.45) is 9.00. The molecule has 2 spiro atoms. The molecule has 1 aromatic heterocycles. The maximum absolute atomic E-state index is 12.0. The molecule has 8 rings (SSSR count). The summed E-state index contributed by atoms with van der Waals surface area (Å²) in [7, 11) is 0. The number of hydrogen-bond acceptors (Lipinski definition) is 7. The Morgan fingerprint density at radius 2 is 2.00 bits per heavy atom. The molecule has 3 heterocycles. The fourth-order valence-corrected chi connectivity index (χ4v) is 10.1. The van der Waals surface area contributed by atoms with Gasteiger partial charge in [-0.15, -0.1) is 0 Å². The highest BCUT2D eigenvalue weighted by Crippen LogP contribution is 2.71. The molecular formula is C31H36N2O7. The molecule has 1 unspecified atom stereocenters. The van der Waals surface area contributed by atoms with Crippen LogP contribution < -0.4 is 0 Å². The van der Waals surface area contributed by atoms with Crippen LogP contribution in [0.4, 0.5) is 0 Å². The molecule has 2 saturated heterocycles. The number of fused-ring (bicyclic) bond motifs is 8. The monoisotopic (exact) mass is 548 g/mol. The van der Waals surface area contributed by atoms with Gasteiger partial charge >= 0.3 is 5.97 Å². The highest BCUT2D eigenvalue weighted by Gasteiger charge is 2.76. The third-order valence-corrected chi connectivity index (χ3v) is 11.8. The molecule has 0 radical (unpaired) electrons. The molecule has 4 aliphatic carbocycles. The zero-order valence-electron chi connectivity index (χ0n) is 23.0. The topological polar surface area (TPSA) is 112 Å². The van der Waals surface area contributed by atoms with Crippen molar-refractivity contribution < 1.29 is 34.0 Å². The lowest BCUT2D eigenvalue weighted by Crippen LogP contribution is -2.66. The van der Waals surface area contributed by atoms with Crippen LogP contribution in [-0.2, 0) is 25.4 Å².